The third-order valence-electron chi connectivity index (χ3n) is 5.69. The molecule has 36 heavy (non-hydrogen) atoms. The molecular formula is C29H31NO4S2. The van der Waals surface area contributed by atoms with E-state index in [0.29, 0.717) is 17.9 Å². The van der Waals surface area contributed by atoms with E-state index < -0.39 is 17.9 Å². The predicted octanol–water partition coefficient (Wildman–Crippen LogP) is 5.60. The van der Waals surface area contributed by atoms with Crippen LogP contribution in [0.1, 0.15) is 23.6 Å². The number of hydrogen-bond donors (Lipinski definition) is 2. The summed E-state index contributed by atoms with van der Waals surface area (Å²) in [5, 5.41) is 12.3. The fourth-order valence-corrected chi connectivity index (χ4v) is 5.35. The Morgan fingerprint density at radius 2 is 1.44 bits per heavy atom. The minimum atomic E-state index is -1.06. The minimum Gasteiger partial charge on any atom is -0.480 e. The third-order valence-corrected chi connectivity index (χ3v) is 7.77. The van der Waals surface area contributed by atoms with Crippen LogP contribution >= 0.6 is 23.5 Å². The highest BCUT2D eigenvalue weighted by Gasteiger charge is 2.26. The van der Waals surface area contributed by atoms with Crippen LogP contribution in [-0.2, 0) is 26.6 Å². The highest BCUT2D eigenvalue weighted by Crippen LogP contribution is 2.22. The van der Waals surface area contributed by atoms with Gasteiger partial charge in [0.1, 0.15) is 6.04 Å². The Balaban J connectivity index is 1.63. The van der Waals surface area contributed by atoms with Crippen LogP contribution < -0.4 is 5.32 Å². The number of carbonyl (C=O) groups excluding carboxylic acids is 2. The molecule has 188 valence electrons. The maximum Gasteiger partial charge on any atom is 0.327 e. The Morgan fingerprint density at radius 3 is 2.06 bits per heavy atom. The summed E-state index contributed by atoms with van der Waals surface area (Å²) in [4.78, 5) is 36.6. The van der Waals surface area contributed by atoms with Gasteiger partial charge in [-0.25, -0.2) is 4.79 Å². The lowest BCUT2D eigenvalue weighted by Crippen LogP contribution is -2.46. The van der Waals surface area contributed by atoms with Gasteiger partial charge >= 0.3 is 5.97 Å². The molecule has 0 aliphatic heterocycles. The van der Waals surface area contributed by atoms with Crippen LogP contribution in [0.4, 0.5) is 0 Å². The van der Waals surface area contributed by atoms with Gasteiger partial charge in [-0.05, 0) is 35.6 Å². The van der Waals surface area contributed by atoms with Gasteiger partial charge in [-0.3, -0.25) is 9.59 Å². The molecule has 2 atom stereocenters. The van der Waals surface area contributed by atoms with Crippen molar-refractivity contribution in [1.29, 1.82) is 0 Å². The molecule has 3 aromatic rings. The molecule has 0 radical (unpaired) electrons. The molecule has 0 fully saturated rings. The van der Waals surface area contributed by atoms with Gasteiger partial charge in [0.25, 0.3) is 0 Å². The molecule has 3 rings (SSSR count). The molecule has 2 N–H and O–H groups in total. The molecule has 7 heteroatoms. The van der Waals surface area contributed by atoms with Crippen LogP contribution in [0.5, 0.6) is 0 Å². The lowest BCUT2D eigenvalue weighted by molar-refractivity contribution is -0.141. The number of thioether (sulfide) groups is 2. The predicted molar refractivity (Wildman–Crippen MR) is 149 cm³/mol. The monoisotopic (exact) mass is 521 g/mol. The zero-order valence-corrected chi connectivity index (χ0v) is 22.1. The van der Waals surface area contributed by atoms with Crippen molar-refractivity contribution in [2.45, 2.75) is 32.1 Å². The fraction of sp³-hybridized carbons (Fsp3) is 0.276. The van der Waals surface area contributed by atoms with Gasteiger partial charge in [0.15, 0.2) is 5.12 Å². The summed E-state index contributed by atoms with van der Waals surface area (Å²) in [5.74, 6) is -0.718. The Kier molecular flexibility index (Phi) is 10.6. The van der Waals surface area contributed by atoms with E-state index in [2.05, 4.69) is 5.32 Å². The molecule has 5 nitrogen and oxygen atoms in total. The van der Waals surface area contributed by atoms with Crippen molar-refractivity contribution in [1.82, 2.24) is 5.32 Å². The summed E-state index contributed by atoms with van der Waals surface area (Å²) in [6.45, 7) is 3.49. The van der Waals surface area contributed by atoms with Crippen molar-refractivity contribution < 1.29 is 19.5 Å². The molecule has 0 unspecified atom stereocenters. The van der Waals surface area contributed by atoms with E-state index in [-0.39, 0.29) is 16.8 Å². The van der Waals surface area contributed by atoms with Gasteiger partial charge in [-0.1, -0.05) is 96.2 Å². The zero-order valence-electron chi connectivity index (χ0n) is 20.5. The minimum absolute atomic E-state index is 0.0735. The van der Waals surface area contributed by atoms with E-state index in [1.54, 1.807) is 0 Å². The van der Waals surface area contributed by atoms with E-state index in [1.165, 1.54) is 24.2 Å². The van der Waals surface area contributed by atoms with Gasteiger partial charge in [0, 0.05) is 24.2 Å². The number of aliphatic carboxylic acids is 1. The summed E-state index contributed by atoms with van der Waals surface area (Å²) < 4.78 is 0. The summed E-state index contributed by atoms with van der Waals surface area (Å²) in [5.41, 5.74) is 5.42. The number of aryl methyl sites for hydroxylation is 1. The van der Waals surface area contributed by atoms with E-state index in [0.717, 1.165) is 34.0 Å². The Bertz CT molecular complexity index is 1150. The second-order valence-electron chi connectivity index (χ2n) is 8.67. The molecule has 0 saturated heterocycles. The van der Waals surface area contributed by atoms with Crippen LogP contribution in [0.25, 0.3) is 11.1 Å². The van der Waals surface area contributed by atoms with Crippen LogP contribution in [0.3, 0.4) is 0 Å². The normalized spacial score (nSPS) is 12.5. The molecule has 0 aliphatic rings. The number of nitrogens with one attached hydrogen (secondary N) is 1. The van der Waals surface area contributed by atoms with Crippen molar-refractivity contribution in [2.75, 3.05) is 11.5 Å². The highest BCUT2D eigenvalue weighted by molar-refractivity contribution is 8.13. The third kappa shape index (κ3) is 8.88. The first-order valence-corrected chi connectivity index (χ1v) is 13.9. The average Bonchev–Trinajstić information content (AvgIpc) is 2.87. The molecule has 0 aliphatic carbocycles. The second-order valence-corrected chi connectivity index (χ2v) is 10.9. The van der Waals surface area contributed by atoms with Crippen molar-refractivity contribution in [3.05, 3.63) is 95.6 Å². The molecule has 0 aromatic heterocycles. The molecule has 0 saturated carbocycles. The molecule has 0 bridgehead atoms. The van der Waals surface area contributed by atoms with Crippen LogP contribution in [-0.4, -0.2) is 39.6 Å². The summed E-state index contributed by atoms with van der Waals surface area (Å²) in [6.07, 6.45) is 0.421. The van der Waals surface area contributed by atoms with Crippen molar-refractivity contribution in [2.24, 2.45) is 5.92 Å². The number of amides is 1. The zero-order chi connectivity index (χ0) is 25.9. The lowest BCUT2D eigenvalue weighted by atomic mass is 9.97. The van der Waals surface area contributed by atoms with Gasteiger partial charge in [0.05, 0.1) is 5.92 Å². The smallest absolute Gasteiger partial charge is 0.327 e. The highest BCUT2D eigenvalue weighted by atomic mass is 32.2. The lowest BCUT2D eigenvalue weighted by Gasteiger charge is -2.20. The van der Waals surface area contributed by atoms with E-state index in [9.17, 15) is 19.5 Å². The van der Waals surface area contributed by atoms with Gasteiger partial charge < -0.3 is 10.4 Å². The van der Waals surface area contributed by atoms with Crippen LogP contribution in [0, 0.1) is 12.8 Å². The van der Waals surface area contributed by atoms with E-state index in [1.807, 2.05) is 85.8 Å². The Morgan fingerprint density at radius 1 is 0.833 bits per heavy atom. The van der Waals surface area contributed by atoms with Gasteiger partial charge in [-0.15, -0.1) is 0 Å². The van der Waals surface area contributed by atoms with Crippen molar-refractivity contribution >= 4 is 40.5 Å². The molecule has 0 spiro atoms. The molecule has 3 aromatic carbocycles. The maximum atomic E-state index is 13.1. The number of carboxylic acid groups (broad SMARTS) is 1. The molecular weight excluding hydrogens is 490 g/mol. The first-order chi connectivity index (χ1) is 17.3. The number of rotatable bonds is 12. The Hall–Kier alpha value is -3.03. The number of carbonyl (C=O) groups is 3. The Labute approximate surface area is 221 Å². The maximum absolute atomic E-state index is 13.1. The van der Waals surface area contributed by atoms with Crippen LogP contribution in [0.15, 0.2) is 78.9 Å². The summed E-state index contributed by atoms with van der Waals surface area (Å²) in [6, 6.07) is 25.1. The van der Waals surface area contributed by atoms with Crippen LogP contribution in [0.2, 0.25) is 0 Å². The number of hydrogen-bond acceptors (Lipinski definition) is 5. The van der Waals surface area contributed by atoms with Gasteiger partial charge in [0.2, 0.25) is 5.91 Å². The molecule has 0 heterocycles. The standard InChI is InChI=1S/C29H31NO4S2/c1-20-8-10-23(11-9-20)17-35-19-27(29(33)34)30-28(32)26(18-36-21(2)31)16-22-12-14-25(15-13-22)24-6-4-3-5-7-24/h3-15,26-27H,16-19H2,1-2H3,(H,30,32)(H,33,34)/t26-,27-/m0/s1. The second kappa shape index (κ2) is 13.9. The van der Waals surface area contributed by atoms with E-state index in [4.69, 9.17) is 0 Å². The average molecular weight is 522 g/mol. The van der Waals surface area contributed by atoms with E-state index >= 15 is 0 Å². The number of carboxylic acids is 1. The van der Waals surface area contributed by atoms with Gasteiger partial charge in [-0.2, -0.15) is 11.8 Å². The largest absolute Gasteiger partial charge is 0.480 e. The van der Waals surface area contributed by atoms with Crippen molar-refractivity contribution in [3.8, 4) is 11.1 Å². The topological polar surface area (TPSA) is 83.5 Å². The quantitative estimate of drug-likeness (QED) is 0.323. The summed E-state index contributed by atoms with van der Waals surface area (Å²) >= 11 is 2.56. The summed E-state index contributed by atoms with van der Waals surface area (Å²) in [7, 11) is 0. The fourth-order valence-electron chi connectivity index (χ4n) is 3.64. The first kappa shape index (κ1) is 27.6. The first-order valence-electron chi connectivity index (χ1n) is 11.8. The molecule has 1 amide bonds. The SMILES string of the molecule is CC(=O)SC[C@H](Cc1ccc(-c2ccccc2)cc1)C(=O)N[C@@H](CSCc1ccc(C)cc1)C(=O)O. The van der Waals surface area contributed by atoms with Crippen molar-refractivity contribution in [3.63, 3.8) is 0 Å². The number of benzene rings is 3.